The summed E-state index contributed by atoms with van der Waals surface area (Å²) in [7, 11) is 0. The Morgan fingerprint density at radius 1 is 0.879 bits per heavy atom. The first kappa shape index (κ1) is 20.0. The molecule has 33 heavy (non-hydrogen) atoms. The maximum absolute atomic E-state index is 11.9. The van der Waals surface area contributed by atoms with E-state index in [9.17, 15) is 5.11 Å². The zero-order valence-electron chi connectivity index (χ0n) is 19.0. The molecule has 1 N–H and O–H groups in total. The molecule has 0 radical (unpaired) electrons. The first-order valence-corrected chi connectivity index (χ1v) is 12.6. The second-order valence-corrected chi connectivity index (χ2v) is 10.4. The quantitative estimate of drug-likeness (QED) is 0.769. The minimum absolute atomic E-state index is 0.232. The molecule has 174 valence electrons. The summed E-state index contributed by atoms with van der Waals surface area (Å²) in [6, 6.07) is 13.2. The van der Waals surface area contributed by atoms with Crippen molar-refractivity contribution in [3.8, 4) is 17.2 Å². The fourth-order valence-electron chi connectivity index (χ4n) is 6.98. The number of hydrogen-bond acceptors (Lipinski definition) is 6. The van der Waals surface area contributed by atoms with Gasteiger partial charge in [0, 0.05) is 29.9 Å². The number of aliphatic hydroxyl groups excluding tert-OH is 1. The second-order valence-electron chi connectivity index (χ2n) is 10.4. The number of para-hydroxylation sites is 1. The van der Waals surface area contributed by atoms with Crippen LogP contribution in [-0.4, -0.2) is 55.3 Å². The molecular weight excluding hydrogens is 416 g/mol. The molecule has 1 saturated carbocycles. The van der Waals surface area contributed by atoms with Gasteiger partial charge in [-0.2, -0.15) is 0 Å². The third-order valence-electron chi connectivity index (χ3n) is 8.79. The van der Waals surface area contributed by atoms with Gasteiger partial charge >= 0.3 is 0 Å². The molecule has 0 aromatic heterocycles. The molecule has 7 rings (SSSR count). The monoisotopic (exact) mass is 448 g/mol. The van der Waals surface area contributed by atoms with Gasteiger partial charge in [0.05, 0.1) is 0 Å². The van der Waals surface area contributed by atoms with Gasteiger partial charge in [-0.25, -0.2) is 0 Å². The Labute approximate surface area is 195 Å². The van der Waals surface area contributed by atoms with Crippen molar-refractivity contribution in [3.63, 3.8) is 0 Å². The Bertz CT molecular complexity index is 1060. The minimum Gasteiger partial charge on any atom is -0.492 e. The van der Waals surface area contributed by atoms with Gasteiger partial charge < -0.3 is 29.1 Å². The normalized spacial score (nSPS) is 29.0. The number of ether oxygens (including phenoxy) is 3. The number of piperidine rings is 1. The molecule has 2 atom stereocenters. The first-order chi connectivity index (χ1) is 16.2. The number of rotatable bonds is 3. The van der Waals surface area contributed by atoms with Crippen LogP contribution in [0, 0.1) is 5.92 Å². The van der Waals surface area contributed by atoms with E-state index in [1.807, 2.05) is 12.1 Å². The zero-order valence-corrected chi connectivity index (χ0v) is 19.0. The molecule has 2 unspecified atom stereocenters. The number of anilines is 1. The summed E-state index contributed by atoms with van der Waals surface area (Å²) in [5.74, 6) is 2.84. The molecule has 2 aromatic rings. The van der Waals surface area contributed by atoms with Crippen LogP contribution in [0.3, 0.4) is 0 Å². The van der Waals surface area contributed by atoms with Gasteiger partial charge in [-0.1, -0.05) is 31.0 Å². The van der Waals surface area contributed by atoms with E-state index >= 15 is 0 Å². The van der Waals surface area contributed by atoms with Crippen molar-refractivity contribution in [1.82, 2.24) is 4.90 Å². The molecule has 2 aromatic carbocycles. The van der Waals surface area contributed by atoms with Crippen LogP contribution < -0.4 is 19.1 Å². The summed E-state index contributed by atoms with van der Waals surface area (Å²) in [5.41, 5.74) is 2.69. The predicted octanol–water partition coefficient (Wildman–Crippen LogP) is 3.89. The average molecular weight is 449 g/mol. The predicted molar refractivity (Wildman–Crippen MR) is 125 cm³/mol. The van der Waals surface area contributed by atoms with E-state index in [2.05, 4.69) is 34.1 Å². The summed E-state index contributed by atoms with van der Waals surface area (Å²) in [6.45, 7) is 3.94. The number of hydrogen-bond donors (Lipinski definition) is 1. The van der Waals surface area contributed by atoms with E-state index in [0.717, 1.165) is 46.6 Å². The maximum atomic E-state index is 11.9. The Kier molecular flexibility index (Phi) is 4.56. The summed E-state index contributed by atoms with van der Waals surface area (Å²) in [4.78, 5) is 4.97. The fraction of sp³-hybridized carbons (Fsp3) is 0.556. The maximum Gasteiger partial charge on any atom is 0.231 e. The molecule has 6 nitrogen and oxygen atoms in total. The van der Waals surface area contributed by atoms with Gasteiger partial charge in [-0.15, -0.1) is 0 Å². The van der Waals surface area contributed by atoms with E-state index in [4.69, 9.17) is 14.2 Å². The number of fused-ring (bicyclic) bond motifs is 5. The van der Waals surface area contributed by atoms with Crippen LogP contribution in [0.25, 0.3) is 0 Å². The van der Waals surface area contributed by atoms with Crippen LogP contribution >= 0.6 is 0 Å². The lowest BCUT2D eigenvalue weighted by Gasteiger charge is -2.39. The molecule has 1 saturated heterocycles. The van der Waals surface area contributed by atoms with Crippen LogP contribution in [0.2, 0.25) is 0 Å². The van der Waals surface area contributed by atoms with Crippen molar-refractivity contribution >= 4 is 5.69 Å². The molecule has 6 heteroatoms. The number of nitrogens with zero attached hydrogens (tertiary/aromatic N) is 2. The lowest BCUT2D eigenvalue weighted by atomic mass is 9.76. The van der Waals surface area contributed by atoms with Crippen LogP contribution in [0.4, 0.5) is 5.69 Å². The molecule has 1 spiro atoms. The van der Waals surface area contributed by atoms with Crippen molar-refractivity contribution in [2.24, 2.45) is 5.92 Å². The van der Waals surface area contributed by atoms with Crippen molar-refractivity contribution in [2.45, 2.75) is 56.2 Å². The van der Waals surface area contributed by atoms with Crippen molar-refractivity contribution < 1.29 is 19.3 Å². The summed E-state index contributed by atoms with van der Waals surface area (Å²) in [6.07, 6.45) is 7.30. The standard InChI is InChI=1S/C27H32N2O4/c30-26-27(16-31-23-14-25-24(13-21(23)27)32-17-33-25)20-7-3-4-8-22(20)29(26)15-18-9-11-28(12-10-18)19-5-1-2-6-19/h3-4,7-8,13-14,18-19,26,30H,1-2,5-6,9-12,15-17H2. The van der Waals surface area contributed by atoms with Crippen molar-refractivity contribution in [3.05, 3.63) is 47.5 Å². The highest BCUT2D eigenvalue weighted by Gasteiger charge is 2.57. The molecule has 4 aliphatic heterocycles. The van der Waals surface area contributed by atoms with Gasteiger partial charge in [-0.05, 0) is 62.4 Å². The molecule has 2 fully saturated rings. The van der Waals surface area contributed by atoms with Crippen molar-refractivity contribution in [2.75, 3.05) is 37.9 Å². The van der Waals surface area contributed by atoms with E-state index in [1.165, 1.54) is 51.6 Å². The van der Waals surface area contributed by atoms with Gasteiger partial charge in [0.15, 0.2) is 11.5 Å². The van der Waals surface area contributed by atoms with Crippen LogP contribution in [0.1, 0.15) is 49.7 Å². The summed E-state index contributed by atoms with van der Waals surface area (Å²) < 4.78 is 17.4. The second kappa shape index (κ2) is 7.54. The van der Waals surface area contributed by atoms with E-state index in [0.29, 0.717) is 12.5 Å². The van der Waals surface area contributed by atoms with E-state index in [-0.39, 0.29) is 6.79 Å². The topological polar surface area (TPSA) is 54.4 Å². The third-order valence-corrected chi connectivity index (χ3v) is 8.79. The Hall–Kier alpha value is -2.44. The molecule has 4 heterocycles. The minimum atomic E-state index is -0.663. The highest BCUT2D eigenvalue weighted by molar-refractivity contribution is 5.71. The van der Waals surface area contributed by atoms with E-state index in [1.54, 1.807) is 0 Å². The smallest absolute Gasteiger partial charge is 0.231 e. The van der Waals surface area contributed by atoms with Crippen LogP contribution in [-0.2, 0) is 5.41 Å². The Balaban J connectivity index is 1.17. The van der Waals surface area contributed by atoms with Gasteiger partial charge in [0.25, 0.3) is 0 Å². The largest absolute Gasteiger partial charge is 0.492 e. The molecular formula is C27H32N2O4. The molecule has 1 aliphatic carbocycles. The molecule has 0 amide bonds. The Morgan fingerprint density at radius 2 is 1.64 bits per heavy atom. The third kappa shape index (κ3) is 2.93. The first-order valence-electron chi connectivity index (χ1n) is 12.6. The van der Waals surface area contributed by atoms with Gasteiger partial charge in [0.1, 0.15) is 24.0 Å². The highest BCUT2D eigenvalue weighted by atomic mass is 16.7. The number of benzene rings is 2. The van der Waals surface area contributed by atoms with E-state index < -0.39 is 11.6 Å². The summed E-state index contributed by atoms with van der Waals surface area (Å²) >= 11 is 0. The SMILES string of the molecule is OC1N(CC2CCN(C3CCCC3)CC2)c2ccccc2C12COc1cc3c(cc12)OCO3. The fourth-order valence-corrected chi connectivity index (χ4v) is 6.98. The lowest BCUT2D eigenvalue weighted by Crippen LogP contribution is -2.49. The number of likely N-dealkylation sites (tertiary alicyclic amines) is 1. The van der Waals surface area contributed by atoms with Crippen LogP contribution in [0.15, 0.2) is 36.4 Å². The lowest BCUT2D eigenvalue weighted by molar-refractivity contribution is 0.0850. The number of aliphatic hydroxyl groups is 1. The van der Waals surface area contributed by atoms with Gasteiger partial charge in [-0.3, -0.25) is 0 Å². The highest BCUT2D eigenvalue weighted by Crippen LogP contribution is 2.56. The molecule has 0 bridgehead atoms. The van der Waals surface area contributed by atoms with Gasteiger partial charge in [0.2, 0.25) is 6.79 Å². The zero-order chi connectivity index (χ0) is 22.0. The summed E-state index contributed by atoms with van der Waals surface area (Å²) in [5, 5.41) is 11.9. The van der Waals surface area contributed by atoms with Crippen LogP contribution in [0.5, 0.6) is 17.2 Å². The average Bonchev–Trinajstić information content (AvgIpc) is 3.64. The Morgan fingerprint density at radius 3 is 2.45 bits per heavy atom. The molecule has 5 aliphatic rings. The van der Waals surface area contributed by atoms with Crippen molar-refractivity contribution in [1.29, 1.82) is 0 Å².